The maximum Gasteiger partial charge on any atom is 0.272 e. The van der Waals surface area contributed by atoms with Gasteiger partial charge < -0.3 is 25.4 Å². The minimum atomic E-state index is -0.571. The number of nitrogens with zero attached hydrogens (tertiary/aromatic N) is 1. The van der Waals surface area contributed by atoms with Crippen molar-refractivity contribution in [3.8, 4) is 22.8 Å². The molecule has 3 amide bonds. The third-order valence-corrected chi connectivity index (χ3v) is 8.76. The van der Waals surface area contributed by atoms with Crippen molar-refractivity contribution in [1.82, 2.24) is 10.3 Å². The zero-order valence-electron chi connectivity index (χ0n) is 26.2. The van der Waals surface area contributed by atoms with Crippen LogP contribution in [0, 0.1) is 5.82 Å². The highest BCUT2D eigenvalue weighted by Gasteiger charge is 2.19. The molecule has 4 aromatic carbocycles. The van der Waals surface area contributed by atoms with Gasteiger partial charge in [-0.2, -0.15) is 0 Å². The molecule has 1 atom stereocenters. The highest BCUT2D eigenvalue weighted by atomic mass is 32.2. The summed E-state index contributed by atoms with van der Waals surface area (Å²) in [7, 11) is 3.00. The van der Waals surface area contributed by atoms with Gasteiger partial charge in [0, 0.05) is 32.7 Å². The molecule has 0 radical (unpaired) electrons. The number of amides is 3. The monoisotopic (exact) mass is 682 g/mol. The molecule has 5 aromatic rings. The van der Waals surface area contributed by atoms with Crippen molar-refractivity contribution in [3.05, 3.63) is 125 Å². The standard InChI is InChI=1S/C36H31FN4O5S2/c1-22(33(42)41-36-40-30(21-47-36)23-15-17-26(37)18-16-23)48-28-13-8-12-27(20-28)38-35(44)29(39-34(43)24-9-5-4-6-10-24)19-25-11-7-14-31(45-2)32(25)46-3/h4-22H,1-3H3,(H,38,44)(H,39,43)(H,40,41,42)/b29-19+. The average Bonchev–Trinajstić information content (AvgIpc) is 3.56. The van der Waals surface area contributed by atoms with Crippen LogP contribution in [-0.4, -0.2) is 42.2 Å². The van der Waals surface area contributed by atoms with Crippen molar-refractivity contribution < 1.29 is 28.2 Å². The molecule has 3 N–H and O–H groups in total. The van der Waals surface area contributed by atoms with Crippen LogP contribution in [0.2, 0.25) is 0 Å². The molecular weight excluding hydrogens is 652 g/mol. The van der Waals surface area contributed by atoms with Crippen molar-refractivity contribution in [2.45, 2.75) is 17.1 Å². The Kier molecular flexibility index (Phi) is 11.2. The number of halogens is 1. The lowest BCUT2D eigenvalue weighted by Gasteiger charge is -2.15. The van der Waals surface area contributed by atoms with Crippen LogP contribution in [0.25, 0.3) is 17.3 Å². The predicted molar refractivity (Wildman–Crippen MR) is 188 cm³/mol. The number of ether oxygens (including phenoxy) is 2. The summed E-state index contributed by atoms with van der Waals surface area (Å²) < 4.78 is 24.2. The largest absolute Gasteiger partial charge is 0.493 e. The van der Waals surface area contributed by atoms with Gasteiger partial charge in [0.15, 0.2) is 16.6 Å². The molecule has 48 heavy (non-hydrogen) atoms. The molecule has 0 aliphatic heterocycles. The van der Waals surface area contributed by atoms with Gasteiger partial charge in [0.1, 0.15) is 11.5 Å². The van der Waals surface area contributed by atoms with Gasteiger partial charge in [-0.05, 0) is 73.7 Å². The SMILES string of the molecule is COc1cccc(/C=C(/NC(=O)c2ccccc2)C(=O)Nc2cccc(SC(C)C(=O)Nc3nc(-c4ccc(F)cc4)cs3)c2)c1OC. The van der Waals surface area contributed by atoms with Crippen LogP contribution in [0.4, 0.5) is 15.2 Å². The Labute approximate surface area is 285 Å². The van der Waals surface area contributed by atoms with Gasteiger partial charge in [0.2, 0.25) is 5.91 Å². The minimum Gasteiger partial charge on any atom is -0.493 e. The summed E-state index contributed by atoms with van der Waals surface area (Å²) in [4.78, 5) is 44.9. The molecule has 1 heterocycles. The normalized spacial score (nSPS) is 11.7. The van der Waals surface area contributed by atoms with Gasteiger partial charge in [-0.1, -0.05) is 36.4 Å². The summed E-state index contributed by atoms with van der Waals surface area (Å²) in [5, 5.41) is 10.1. The maximum absolute atomic E-state index is 13.6. The molecular formula is C36H31FN4O5S2. The second kappa shape index (κ2) is 15.9. The number of aromatic nitrogens is 1. The van der Waals surface area contributed by atoms with Gasteiger partial charge >= 0.3 is 0 Å². The molecule has 0 fully saturated rings. The number of thioether (sulfide) groups is 1. The summed E-state index contributed by atoms with van der Waals surface area (Å²) >= 11 is 2.58. The van der Waals surface area contributed by atoms with Crippen molar-refractivity contribution in [2.24, 2.45) is 0 Å². The number of carbonyl (C=O) groups excluding carboxylic acids is 3. The number of hydrogen-bond acceptors (Lipinski definition) is 8. The Morgan fingerprint density at radius 1 is 0.896 bits per heavy atom. The lowest BCUT2D eigenvalue weighted by atomic mass is 10.1. The van der Waals surface area contributed by atoms with Gasteiger partial charge in [0.05, 0.1) is 25.2 Å². The number of carbonyl (C=O) groups is 3. The van der Waals surface area contributed by atoms with Gasteiger partial charge in [0.25, 0.3) is 11.8 Å². The Bertz CT molecular complexity index is 1950. The molecule has 0 spiro atoms. The van der Waals surface area contributed by atoms with Crippen LogP contribution in [0.15, 0.2) is 113 Å². The van der Waals surface area contributed by atoms with Crippen molar-refractivity contribution >= 4 is 57.7 Å². The molecule has 0 saturated heterocycles. The highest BCUT2D eigenvalue weighted by molar-refractivity contribution is 8.00. The first kappa shape index (κ1) is 33.9. The van der Waals surface area contributed by atoms with Gasteiger partial charge in [-0.25, -0.2) is 9.37 Å². The van der Waals surface area contributed by atoms with Gasteiger partial charge in [-0.15, -0.1) is 23.1 Å². The van der Waals surface area contributed by atoms with E-state index in [0.29, 0.717) is 39.1 Å². The van der Waals surface area contributed by atoms with Crippen LogP contribution in [0.1, 0.15) is 22.8 Å². The number of rotatable bonds is 12. The van der Waals surface area contributed by atoms with Crippen molar-refractivity contribution in [1.29, 1.82) is 0 Å². The van der Waals surface area contributed by atoms with Gasteiger partial charge in [-0.3, -0.25) is 14.4 Å². The van der Waals surface area contributed by atoms with E-state index in [4.69, 9.17) is 9.47 Å². The molecule has 9 nitrogen and oxygen atoms in total. The smallest absolute Gasteiger partial charge is 0.272 e. The molecule has 0 aliphatic rings. The summed E-state index contributed by atoms with van der Waals surface area (Å²) in [6, 6.07) is 26.8. The van der Waals surface area contributed by atoms with E-state index in [1.807, 2.05) is 6.07 Å². The number of nitrogens with one attached hydrogen (secondary N) is 3. The summed E-state index contributed by atoms with van der Waals surface area (Å²) in [5.74, 6) is -0.764. The number of anilines is 2. The predicted octanol–water partition coefficient (Wildman–Crippen LogP) is 7.50. The first-order valence-corrected chi connectivity index (χ1v) is 16.4. The fourth-order valence-electron chi connectivity index (χ4n) is 4.52. The van der Waals surface area contributed by atoms with Crippen LogP contribution in [0.5, 0.6) is 11.5 Å². The first-order valence-electron chi connectivity index (χ1n) is 14.6. The van der Waals surface area contributed by atoms with Crippen molar-refractivity contribution in [2.75, 3.05) is 24.9 Å². The summed E-state index contributed by atoms with van der Waals surface area (Å²) in [6.45, 7) is 1.77. The lowest BCUT2D eigenvalue weighted by molar-refractivity contribution is -0.115. The Balaban J connectivity index is 1.29. The first-order chi connectivity index (χ1) is 23.2. The van der Waals surface area contributed by atoms with E-state index in [-0.39, 0.29) is 17.4 Å². The number of hydrogen-bond donors (Lipinski definition) is 3. The van der Waals surface area contributed by atoms with Crippen LogP contribution < -0.4 is 25.4 Å². The third-order valence-electron chi connectivity index (χ3n) is 6.91. The maximum atomic E-state index is 13.6. The average molecular weight is 683 g/mol. The second-order valence-corrected chi connectivity index (χ2v) is 12.5. The number of benzene rings is 4. The highest BCUT2D eigenvalue weighted by Crippen LogP contribution is 2.33. The minimum absolute atomic E-state index is 0.0235. The molecule has 0 aliphatic carbocycles. The topological polar surface area (TPSA) is 119 Å². The fraction of sp³-hybridized carbons (Fsp3) is 0.111. The van der Waals surface area contributed by atoms with Crippen LogP contribution in [-0.2, 0) is 9.59 Å². The quantitative estimate of drug-likeness (QED) is 0.0922. The molecule has 5 rings (SSSR count). The molecule has 1 unspecified atom stereocenters. The molecule has 244 valence electrons. The summed E-state index contributed by atoms with van der Waals surface area (Å²) in [6.07, 6.45) is 1.52. The van der Waals surface area contributed by atoms with E-state index in [9.17, 15) is 18.8 Å². The molecule has 12 heteroatoms. The molecule has 1 aromatic heterocycles. The van der Waals surface area contributed by atoms with Crippen molar-refractivity contribution in [3.63, 3.8) is 0 Å². The molecule has 0 saturated carbocycles. The summed E-state index contributed by atoms with van der Waals surface area (Å²) in [5.41, 5.74) is 2.71. The zero-order chi connectivity index (χ0) is 34.0. The number of methoxy groups -OCH3 is 2. The Morgan fingerprint density at radius 2 is 1.65 bits per heavy atom. The third kappa shape index (κ3) is 8.66. The second-order valence-electron chi connectivity index (χ2n) is 10.2. The lowest BCUT2D eigenvalue weighted by Crippen LogP contribution is -2.30. The van der Waals surface area contributed by atoms with E-state index in [1.54, 1.807) is 91.2 Å². The zero-order valence-corrected chi connectivity index (χ0v) is 27.8. The van der Waals surface area contributed by atoms with Crippen LogP contribution >= 0.6 is 23.1 Å². The number of para-hydroxylation sites is 1. The number of thiazole rings is 1. The Morgan fingerprint density at radius 3 is 2.38 bits per heavy atom. The fourth-order valence-corrected chi connectivity index (χ4v) is 6.17. The molecule has 0 bridgehead atoms. The van der Waals surface area contributed by atoms with E-state index >= 15 is 0 Å². The van der Waals surface area contributed by atoms with E-state index in [1.165, 1.54) is 55.5 Å². The van der Waals surface area contributed by atoms with E-state index < -0.39 is 17.1 Å². The van der Waals surface area contributed by atoms with E-state index in [0.717, 1.165) is 10.5 Å². The Hall–Kier alpha value is -5.46. The van der Waals surface area contributed by atoms with E-state index in [2.05, 4.69) is 20.9 Å². The van der Waals surface area contributed by atoms with Crippen LogP contribution in [0.3, 0.4) is 0 Å².